The van der Waals surface area contributed by atoms with Crippen LogP contribution in [0.25, 0.3) is 0 Å². The summed E-state index contributed by atoms with van der Waals surface area (Å²) in [5.41, 5.74) is 5.78. The van der Waals surface area contributed by atoms with Crippen LogP contribution in [0.5, 0.6) is 0 Å². The van der Waals surface area contributed by atoms with Gasteiger partial charge in [-0.1, -0.05) is 6.07 Å². The van der Waals surface area contributed by atoms with E-state index in [1.807, 2.05) is 0 Å². The molecule has 0 bridgehead atoms. The summed E-state index contributed by atoms with van der Waals surface area (Å²) in [6.07, 6.45) is -0.215. The number of carbonyl (C=O) groups is 1. The minimum Gasteiger partial charge on any atom is -0.336 e. The number of amides is 2. The Morgan fingerprint density at radius 3 is 2.70 bits per heavy atom. The Kier molecular flexibility index (Phi) is 3.51. The molecule has 2 amide bonds. The second kappa shape index (κ2) is 5.31. The Bertz CT molecular complexity index is 506. The summed E-state index contributed by atoms with van der Waals surface area (Å²) in [6, 6.07) is 3.66. The van der Waals surface area contributed by atoms with Gasteiger partial charge in [0.2, 0.25) is 0 Å². The number of carbonyl (C=O) groups excluding carboxylic acids is 1. The molecule has 0 radical (unpaired) electrons. The number of nitrogens with zero attached hydrogens (tertiary/aromatic N) is 2. The lowest BCUT2D eigenvalue weighted by Gasteiger charge is -2.21. The zero-order valence-corrected chi connectivity index (χ0v) is 10.7. The van der Waals surface area contributed by atoms with Crippen LogP contribution >= 0.6 is 0 Å². The summed E-state index contributed by atoms with van der Waals surface area (Å²) >= 11 is 0. The molecule has 1 atom stereocenters. The fourth-order valence-electron chi connectivity index (χ4n) is 2.40. The fraction of sp³-hybridized carbons (Fsp3) is 0.417. The molecular formula is C12H15F2N5O. The molecule has 8 heteroatoms. The molecule has 2 fully saturated rings. The average molecular weight is 283 g/mol. The molecule has 2 aliphatic heterocycles. The van der Waals surface area contributed by atoms with Crippen molar-refractivity contribution in [2.75, 3.05) is 19.6 Å². The van der Waals surface area contributed by atoms with Crippen LogP contribution in [-0.2, 0) is 6.54 Å². The second-order valence-electron chi connectivity index (χ2n) is 4.78. The van der Waals surface area contributed by atoms with Crippen molar-refractivity contribution in [1.29, 1.82) is 0 Å². The highest BCUT2D eigenvalue weighted by molar-refractivity contribution is 5.76. The van der Waals surface area contributed by atoms with Gasteiger partial charge in [0, 0.05) is 25.2 Å². The van der Waals surface area contributed by atoms with Gasteiger partial charge in [0.1, 0.15) is 17.8 Å². The van der Waals surface area contributed by atoms with E-state index in [9.17, 15) is 13.6 Å². The summed E-state index contributed by atoms with van der Waals surface area (Å²) in [5, 5.41) is 4.35. The molecule has 2 aliphatic rings. The Morgan fingerprint density at radius 2 is 2.05 bits per heavy atom. The first kappa shape index (κ1) is 13.2. The minimum absolute atomic E-state index is 0.00771. The summed E-state index contributed by atoms with van der Waals surface area (Å²) in [4.78, 5) is 13.2. The third-order valence-corrected chi connectivity index (χ3v) is 3.46. The molecule has 108 valence electrons. The Hall–Kier alpha value is -1.77. The maximum Gasteiger partial charge on any atom is 0.318 e. The third kappa shape index (κ3) is 2.45. The number of hydrazine groups is 2. The topological polar surface area (TPSA) is 59.6 Å². The summed E-state index contributed by atoms with van der Waals surface area (Å²) < 4.78 is 27.1. The van der Waals surface area contributed by atoms with E-state index in [0.29, 0.717) is 19.6 Å². The molecule has 3 N–H and O–H groups in total. The molecule has 2 heterocycles. The highest BCUT2D eigenvalue weighted by atomic mass is 19.1. The van der Waals surface area contributed by atoms with Crippen LogP contribution in [0.15, 0.2) is 18.2 Å². The number of urea groups is 1. The lowest BCUT2D eigenvalue weighted by atomic mass is 10.2. The number of hydrogen-bond donors (Lipinski definition) is 3. The smallest absolute Gasteiger partial charge is 0.318 e. The quantitative estimate of drug-likeness (QED) is 0.738. The van der Waals surface area contributed by atoms with Crippen molar-refractivity contribution in [3.05, 3.63) is 35.4 Å². The van der Waals surface area contributed by atoms with Crippen molar-refractivity contribution in [2.45, 2.75) is 12.7 Å². The predicted molar refractivity (Wildman–Crippen MR) is 66.9 cm³/mol. The fourth-order valence-corrected chi connectivity index (χ4v) is 2.40. The first-order chi connectivity index (χ1) is 9.65. The molecule has 0 saturated carbocycles. The second-order valence-corrected chi connectivity index (χ2v) is 4.78. The maximum absolute atomic E-state index is 13.6. The maximum atomic E-state index is 13.6. The molecule has 1 unspecified atom stereocenters. The molecule has 20 heavy (non-hydrogen) atoms. The summed E-state index contributed by atoms with van der Waals surface area (Å²) in [5.74, 6) is -1.15. The minimum atomic E-state index is -0.575. The SMILES string of the molecule is O=C1NCCN1C1CN(Cc2c(F)cccc2F)NN1. The molecule has 1 aromatic carbocycles. The van der Waals surface area contributed by atoms with E-state index >= 15 is 0 Å². The largest absolute Gasteiger partial charge is 0.336 e. The predicted octanol–water partition coefficient (Wildman–Crippen LogP) is 0.141. The van der Waals surface area contributed by atoms with Gasteiger partial charge in [0.05, 0.1) is 6.54 Å². The van der Waals surface area contributed by atoms with Crippen LogP contribution in [-0.4, -0.2) is 41.7 Å². The summed E-state index contributed by atoms with van der Waals surface area (Å²) in [6.45, 7) is 1.75. The highest BCUT2D eigenvalue weighted by Crippen LogP contribution is 2.16. The molecule has 2 saturated heterocycles. The van der Waals surface area contributed by atoms with Crippen molar-refractivity contribution >= 4 is 6.03 Å². The van der Waals surface area contributed by atoms with Gasteiger partial charge in [-0.15, -0.1) is 0 Å². The normalized spacial score (nSPS) is 23.4. The van der Waals surface area contributed by atoms with Gasteiger partial charge in [-0.2, -0.15) is 5.53 Å². The number of nitrogens with one attached hydrogen (secondary N) is 3. The number of rotatable bonds is 3. The number of benzene rings is 1. The molecule has 6 nitrogen and oxygen atoms in total. The van der Waals surface area contributed by atoms with Crippen molar-refractivity contribution in [1.82, 2.24) is 26.2 Å². The van der Waals surface area contributed by atoms with Crippen LogP contribution in [0.3, 0.4) is 0 Å². The molecule has 0 aliphatic carbocycles. The van der Waals surface area contributed by atoms with E-state index in [4.69, 9.17) is 0 Å². The standard InChI is InChI=1S/C12H15F2N5O/c13-9-2-1-3-10(14)8(9)6-18-7-11(16-17-18)19-5-4-15-12(19)20/h1-3,11,16-17H,4-7H2,(H,15,20). The molecule has 1 aromatic rings. The van der Waals surface area contributed by atoms with Gasteiger partial charge in [-0.3, -0.25) is 0 Å². The van der Waals surface area contributed by atoms with Crippen LogP contribution in [0.2, 0.25) is 0 Å². The van der Waals surface area contributed by atoms with Gasteiger partial charge in [0.15, 0.2) is 0 Å². The van der Waals surface area contributed by atoms with Crippen molar-refractivity contribution in [3.8, 4) is 0 Å². The summed E-state index contributed by atoms with van der Waals surface area (Å²) in [7, 11) is 0. The molecule has 0 aromatic heterocycles. The van der Waals surface area contributed by atoms with Crippen LogP contribution in [0, 0.1) is 11.6 Å². The van der Waals surface area contributed by atoms with Crippen LogP contribution in [0.4, 0.5) is 13.6 Å². The Morgan fingerprint density at radius 1 is 1.30 bits per heavy atom. The first-order valence-electron chi connectivity index (χ1n) is 6.38. The van der Waals surface area contributed by atoms with E-state index in [0.717, 1.165) is 0 Å². The third-order valence-electron chi connectivity index (χ3n) is 3.46. The van der Waals surface area contributed by atoms with Gasteiger partial charge in [-0.05, 0) is 12.1 Å². The highest BCUT2D eigenvalue weighted by Gasteiger charge is 2.33. The first-order valence-corrected chi connectivity index (χ1v) is 6.38. The van der Waals surface area contributed by atoms with E-state index < -0.39 is 11.6 Å². The average Bonchev–Trinajstić information content (AvgIpc) is 3.02. The van der Waals surface area contributed by atoms with Crippen LogP contribution in [0.1, 0.15) is 5.56 Å². The van der Waals surface area contributed by atoms with E-state index in [1.165, 1.54) is 18.2 Å². The zero-order valence-electron chi connectivity index (χ0n) is 10.7. The van der Waals surface area contributed by atoms with Crippen molar-refractivity contribution in [3.63, 3.8) is 0 Å². The Balaban J connectivity index is 1.64. The van der Waals surface area contributed by atoms with Gasteiger partial charge in [0.25, 0.3) is 0 Å². The van der Waals surface area contributed by atoms with Gasteiger partial charge in [-0.25, -0.2) is 24.0 Å². The molecule has 3 rings (SSSR count). The van der Waals surface area contributed by atoms with E-state index in [-0.39, 0.29) is 24.3 Å². The molecule has 0 spiro atoms. The lowest BCUT2D eigenvalue weighted by Crippen LogP contribution is -2.47. The lowest BCUT2D eigenvalue weighted by molar-refractivity contribution is 0.190. The number of hydrogen-bond acceptors (Lipinski definition) is 4. The zero-order chi connectivity index (χ0) is 14.1. The van der Waals surface area contributed by atoms with Gasteiger partial charge < -0.3 is 10.2 Å². The van der Waals surface area contributed by atoms with E-state index in [2.05, 4.69) is 16.3 Å². The van der Waals surface area contributed by atoms with Gasteiger partial charge >= 0.3 is 6.03 Å². The van der Waals surface area contributed by atoms with E-state index in [1.54, 1.807) is 9.91 Å². The Labute approximate surface area is 114 Å². The van der Waals surface area contributed by atoms with Crippen LogP contribution < -0.4 is 16.3 Å². The molecular weight excluding hydrogens is 268 g/mol. The monoisotopic (exact) mass is 283 g/mol. The van der Waals surface area contributed by atoms with Crippen molar-refractivity contribution < 1.29 is 13.6 Å². The van der Waals surface area contributed by atoms with Crippen molar-refractivity contribution in [2.24, 2.45) is 0 Å². The number of halogens is 2.